The summed E-state index contributed by atoms with van der Waals surface area (Å²) in [5.74, 6) is 0.194. The van der Waals surface area contributed by atoms with Crippen LogP contribution in [0.4, 0.5) is 5.82 Å². The Labute approximate surface area is 144 Å². The minimum absolute atomic E-state index is 0.0755. The van der Waals surface area contributed by atoms with Crippen molar-refractivity contribution in [1.82, 2.24) is 24.5 Å². The van der Waals surface area contributed by atoms with Crippen LogP contribution in [0.25, 0.3) is 17.0 Å². The summed E-state index contributed by atoms with van der Waals surface area (Å²) in [4.78, 5) is 16.3. The van der Waals surface area contributed by atoms with Crippen molar-refractivity contribution in [2.45, 2.75) is 6.54 Å². The van der Waals surface area contributed by atoms with Crippen molar-refractivity contribution in [3.05, 3.63) is 54.7 Å². The maximum Gasteiger partial charge on any atom is 0.247 e. The first kappa shape index (κ1) is 16.2. The van der Waals surface area contributed by atoms with Gasteiger partial charge in [-0.1, -0.05) is 0 Å². The minimum atomic E-state index is -0.234. The first-order valence-electron chi connectivity index (χ1n) is 7.51. The van der Waals surface area contributed by atoms with Crippen LogP contribution in [0.1, 0.15) is 5.56 Å². The number of carbonyl (C=O) groups is 1. The predicted octanol–water partition coefficient (Wildman–Crippen LogP) is 0.533. The van der Waals surface area contributed by atoms with Gasteiger partial charge in [0.2, 0.25) is 5.91 Å². The highest BCUT2D eigenvalue weighted by Crippen LogP contribution is 2.16. The highest BCUT2D eigenvalue weighted by Gasteiger charge is 2.09. The zero-order valence-electron chi connectivity index (χ0n) is 13.6. The van der Waals surface area contributed by atoms with Crippen molar-refractivity contribution >= 4 is 17.4 Å². The molecule has 0 radical (unpaired) electrons. The van der Waals surface area contributed by atoms with Gasteiger partial charge in [0.25, 0.3) is 0 Å². The van der Waals surface area contributed by atoms with Gasteiger partial charge < -0.3 is 16.8 Å². The number of hydrogen-bond donors (Lipinski definition) is 3. The Morgan fingerprint density at radius 1 is 1.28 bits per heavy atom. The van der Waals surface area contributed by atoms with E-state index in [-0.39, 0.29) is 12.5 Å². The minimum Gasteiger partial charge on any atom is -0.403 e. The average Bonchev–Trinajstić information content (AvgIpc) is 3.23. The zero-order chi connectivity index (χ0) is 17.8. The van der Waals surface area contributed by atoms with E-state index in [1.54, 1.807) is 46.3 Å². The number of nitrogens with one attached hydrogen (secondary N) is 1. The second kappa shape index (κ2) is 6.87. The maximum atomic E-state index is 12.1. The maximum absolute atomic E-state index is 12.1. The largest absolute Gasteiger partial charge is 0.403 e. The highest BCUT2D eigenvalue weighted by atomic mass is 16.2. The van der Waals surface area contributed by atoms with Gasteiger partial charge in [-0.15, -0.1) is 0 Å². The molecule has 0 bridgehead atoms. The van der Waals surface area contributed by atoms with E-state index in [4.69, 9.17) is 11.5 Å². The predicted molar refractivity (Wildman–Crippen MR) is 93.6 cm³/mol. The fraction of sp³-hybridized carbons (Fsp3) is 0.125. The van der Waals surface area contributed by atoms with Crippen molar-refractivity contribution in [3.63, 3.8) is 0 Å². The van der Waals surface area contributed by atoms with Crippen LogP contribution in [0.2, 0.25) is 0 Å². The Morgan fingerprint density at radius 3 is 2.76 bits per heavy atom. The van der Waals surface area contributed by atoms with E-state index >= 15 is 0 Å². The summed E-state index contributed by atoms with van der Waals surface area (Å²) in [6.45, 7) is 0.0755. The van der Waals surface area contributed by atoms with Crippen molar-refractivity contribution in [2.75, 3.05) is 5.32 Å². The summed E-state index contributed by atoms with van der Waals surface area (Å²) in [5.41, 5.74) is 14.0. The van der Waals surface area contributed by atoms with E-state index in [1.807, 2.05) is 13.1 Å². The smallest absolute Gasteiger partial charge is 0.247 e. The summed E-state index contributed by atoms with van der Waals surface area (Å²) >= 11 is 0. The molecule has 0 aliphatic rings. The third kappa shape index (κ3) is 3.66. The first-order valence-corrected chi connectivity index (χ1v) is 7.51. The number of carbonyl (C=O) groups excluding carboxylic acids is 1. The van der Waals surface area contributed by atoms with Gasteiger partial charge in [-0.25, -0.2) is 4.98 Å². The van der Waals surface area contributed by atoms with Crippen LogP contribution < -0.4 is 16.8 Å². The van der Waals surface area contributed by atoms with Gasteiger partial charge in [0.15, 0.2) is 0 Å². The molecule has 3 heterocycles. The lowest BCUT2D eigenvalue weighted by molar-refractivity contribution is -0.116. The molecule has 0 atom stereocenters. The van der Waals surface area contributed by atoms with Gasteiger partial charge in [-0.3, -0.25) is 14.2 Å². The summed E-state index contributed by atoms with van der Waals surface area (Å²) in [6, 6.07) is 5.28. The highest BCUT2D eigenvalue weighted by molar-refractivity contribution is 5.89. The lowest BCUT2D eigenvalue weighted by Crippen LogP contribution is -2.19. The van der Waals surface area contributed by atoms with Crippen LogP contribution in [-0.2, 0) is 18.4 Å². The molecule has 1 amide bonds. The first-order chi connectivity index (χ1) is 12.1. The fourth-order valence-electron chi connectivity index (χ4n) is 2.30. The summed E-state index contributed by atoms with van der Waals surface area (Å²) in [6.07, 6.45) is 8.04. The van der Waals surface area contributed by atoms with E-state index in [1.165, 1.54) is 6.20 Å². The van der Waals surface area contributed by atoms with Crippen molar-refractivity contribution in [3.8, 4) is 11.3 Å². The SMILES string of the molecule is Cn1nccc1-c1cnn(CC(=O)Nc2ccc(/C(N)=C/N)cn2)c1. The number of nitrogens with zero attached hydrogens (tertiary/aromatic N) is 5. The molecule has 9 nitrogen and oxygen atoms in total. The Hall–Kier alpha value is -3.62. The molecule has 0 aliphatic heterocycles. The van der Waals surface area contributed by atoms with E-state index in [2.05, 4.69) is 20.5 Å². The molecule has 0 spiro atoms. The number of hydrogen-bond acceptors (Lipinski definition) is 6. The number of amides is 1. The van der Waals surface area contributed by atoms with Crippen LogP contribution in [0.15, 0.2) is 49.2 Å². The fourth-order valence-corrected chi connectivity index (χ4v) is 2.30. The standard InChI is InChI=1S/C16H18N8O/c1-23-14(4-5-20-23)12-8-21-24(9-12)10-16(25)22-15-3-2-11(7-19-15)13(18)6-17/h2-9H,10,17-18H2,1H3,(H,19,22,25)/b13-6-. The lowest BCUT2D eigenvalue weighted by Gasteiger charge is -2.06. The van der Waals surface area contributed by atoms with Gasteiger partial charge in [-0.05, 0) is 18.2 Å². The van der Waals surface area contributed by atoms with Crippen molar-refractivity contribution < 1.29 is 4.79 Å². The number of aromatic nitrogens is 5. The van der Waals surface area contributed by atoms with Crippen LogP contribution >= 0.6 is 0 Å². The lowest BCUT2D eigenvalue weighted by atomic mass is 10.2. The molecule has 0 saturated carbocycles. The molecule has 3 aromatic rings. The average molecular weight is 338 g/mol. The number of pyridine rings is 1. The van der Waals surface area contributed by atoms with Crippen LogP contribution in [0.5, 0.6) is 0 Å². The number of anilines is 1. The molecule has 0 aliphatic carbocycles. The van der Waals surface area contributed by atoms with Crippen LogP contribution in [0.3, 0.4) is 0 Å². The number of nitrogens with two attached hydrogens (primary N) is 2. The van der Waals surface area contributed by atoms with Gasteiger partial charge in [0.05, 0.1) is 17.6 Å². The summed E-state index contributed by atoms with van der Waals surface area (Å²) in [7, 11) is 1.85. The van der Waals surface area contributed by atoms with Gasteiger partial charge >= 0.3 is 0 Å². The third-order valence-electron chi connectivity index (χ3n) is 3.60. The molecular formula is C16H18N8O. The van der Waals surface area contributed by atoms with Gasteiger partial charge in [-0.2, -0.15) is 10.2 Å². The molecule has 128 valence electrons. The molecule has 3 aromatic heterocycles. The van der Waals surface area contributed by atoms with Crippen LogP contribution in [0, 0.1) is 0 Å². The number of aryl methyl sites for hydroxylation is 1. The van der Waals surface area contributed by atoms with E-state index in [0.29, 0.717) is 17.1 Å². The molecule has 0 aromatic carbocycles. The van der Waals surface area contributed by atoms with Gasteiger partial charge in [0.1, 0.15) is 12.4 Å². The van der Waals surface area contributed by atoms with Crippen molar-refractivity contribution in [2.24, 2.45) is 18.5 Å². The molecular weight excluding hydrogens is 320 g/mol. The van der Waals surface area contributed by atoms with E-state index in [9.17, 15) is 4.79 Å². The molecule has 0 saturated heterocycles. The molecule has 9 heteroatoms. The number of rotatable bonds is 5. The monoisotopic (exact) mass is 338 g/mol. The van der Waals surface area contributed by atoms with Crippen LogP contribution in [-0.4, -0.2) is 30.5 Å². The molecule has 0 unspecified atom stereocenters. The molecule has 3 rings (SSSR count). The summed E-state index contributed by atoms with van der Waals surface area (Å²) < 4.78 is 3.30. The Kier molecular flexibility index (Phi) is 4.46. The van der Waals surface area contributed by atoms with Gasteiger partial charge in [0, 0.05) is 43.0 Å². The topological polar surface area (TPSA) is 130 Å². The summed E-state index contributed by atoms with van der Waals surface area (Å²) in [5, 5.41) is 11.0. The molecule has 25 heavy (non-hydrogen) atoms. The molecule has 5 N–H and O–H groups in total. The second-order valence-electron chi connectivity index (χ2n) is 5.37. The Morgan fingerprint density at radius 2 is 2.12 bits per heavy atom. The normalized spacial score (nSPS) is 11.5. The van der Waals surface area contributed by atoms with E-state index in [0.717, 1.165) is 11.3 Å². The Bertz CT molecular complexity index is 906. The Balaban J connectivity index is 1.63. The zero-order valence-corrected chi connectivity index (χ0v) is 13.6. The van der Waals surface area contributed by atoms with Crippen molar-refractivity contribution in [1.29, 1.82) is 0 Å². The molecule has 0 fully saturated rings. The third-order valence-corrected chi connectivity index (χ3v) is 3.60. The van der Waals surface area contributed by atoms with E-state index < -0.39 is 0 Å². The quantitative estimate of drug-likeness (QED) is 0.622. The second-order valence-corrected chi connectivity index (χ2v) is 5.37.